The first-order valence-corrected chi connectivity index (χ1v) is 12.8. The molecule has 0 bridgehead atoms. The van der Waals surface area contributed by atoms with Crippen molar-refractivity contribution < 1.29 is 26.4 Å². The predicted molar refractivity (Wildman–Crippen MR) is 118 cm³/mol. The van der Waals surface area contributed by atoms with Crippen molar-refractivity contribution in [3.05, 3.63) is 59.7 Å². The number of carbonyl (C=O) groups excluding carboxylic acids is 2. The topological polar surface area (TPSA) is 179 Å². The van der Waals surface area contributed by atoms with E-state index in [1.807, 2.05) is 0 Å². The molecule has 32 heavy (non-hydrogen) atoms. The second-order valence-corrected chi connectivity index (χ2v) is 10.3. The van der Waals surface area contributed by atoms with Crippen LogP contribution in [0.5, 0.6) is 0 Å². The molecule has 0 aliphatic rings. The molecule has 12 heteroatoms. The molecule has 10 nitrogen and oxygen atoms in total. The van der Waals surface area contributed by atoms with Gasteiger partial charge in [0.2, 0.25) is 31.9 Å². The number of unbranched alkanes of at least 4 members (excludes halogenated alkanes) is 1. The Morgan fingerprint density at radius 1 is 0.625 bits per heavy atom. The third-order valence-electron chi connectivity index (χ3n) is 4.54. The highest BCUT2D eigenvalue weighted by molar-refractivity contribution is 7.89. The summed E-state index contributed by atoms with van der Waals surface area (Å²) in [4.78, 5) is 23.8. The summed E-state index contributed by atoms with van der Waals surface area (Å²) >= 11 is 0. The molecule has 0 aromatic heterocycles. The van der Waals surface area contributed by atoms with Crippen LogP contribution in [-0.2, 0) is 42.7 Å². The summed E-state index contributed by atoms with van der Waals surface area (Å²) in [6.45, 7) is 0.517. The van der Waals surface area contributed by atoms with Gasteiger partial charge in [0.05, 0.1) is 9.79 Å². The van der Waals surface area contributed by atoms with Crippen molar-refractivity contribution in [1.29, 1.82) is 0 Å². The van der Waals surface area contributed by atoms with Crippen molar-refractivity contribution in [1.82, 2.24) is 10.6 Å². The van der Waals surface area contributed by atoms with E-state index < -0.39 is 20.0 Å². The van der Waals surface area contributed by atoms with Crippen LogP contribution in [0.2, 0.25) is 0 Å². The van der Waals surface area contributed by atoms with E-state index in [2.05, 4.69) is 10.6 Å². The smallest absolute Gasteiger partial charge is 0.238 e. The maximum Gasteiger partial charge on any atom is 0.238 e. The zero-order chi connectivity index (χ0) is 23.8. The summed E-state index contributed by atoms with van der Waals surface area (Å²) < 4.78 is 44.9. The summed E-state index contributed by atoms with van der Waals surface area (Å²) in [6, 6.07) is 11.8. The fraction of sp³-hybridized carbons (Fsp3) is 0.300. The van der Waals surface area contributed by atoms with Crippen molar-refractivity contribution in [3.63, 3.8) is 0 Å². The zero-order valence-corrected chi connectivity index (χ0v) is 18.9. The van der Waals surface area contributed by atoms with Crippen molar-refractivity contribution in [2.75, 3.05) is 0 Å². The van der Waals surface area contributed by atoms with Crippen LogP contribution in [0.15, 0.2) is 58.3 Å². The van der Waals surface area contributed by atoms with Gasteiger partial charge in [-0.2, -0.15) is 0 Å². The summed E-state index contributed by atoms with van der Waals surface area (Å²) in [6.07, 6.45) is 1.59. The number of nitrogens with one attached hydrogen (secondary N) is 2. The van der Waals surface area contributed by atoms with Gasteiger partial charge in [-0.25, -0.2) is 27.1 Å². The van der Waals surface area contributed by atoms with E-state index in [4.69, 9.17) is 10.3 Å². The molecule has 174 valence electrons. The van der Waals surface area contributed by atoms with Gasteiger partial charge in [0.15, 0.2) is 0 Å². The Morgan fingerprint density at radius 2 is 0.938 bits per heavy atom. The van der Waals surface area contributed by atoms with Gasteiger partial charge in [-0.3, -0.25) is 9.59 Å². The molecule has 0 aliphatic carbocycles. The molecule has 2 rings (SSSR count). The second-order valence-electron chi connectivity index (χ2n) is 7.14. The third-order valence-corrected chi connectivity index (χ3v) is 6.40. The molecule has 0 aliphatic heterocycles. The van der Waals surface area contributed by atoms with Crippen LogP contribution in [-0.4, -0.2) is 28.6 Å². The molecule has 0 saturated carbocycles. The van der Waals surface area contributed by atoms with E-state index >= 15 is 0 Å². The zero-order valence-electron chi connectivity index (χ0n) is 17.3. The SMILES string of the molecule is NS(=O)(=O)c1ccc(CNC(=O)CCCCC(=O)NCc2ccc(S(N)(=O)=O)cc2)cc1. The number of carbonyl (C=O) groups is 2. The van der Waals surface area contributed by atoms with Crippen LogP contribution >= 0.6 is 0 Å². The minimum absolute atomic E-state index is 0.00590. The van der Waals surface area contributed by atoms with Crippen LogP contribution in [0.1, 0.15) is 36.8 Å². The van der Waals surface area contributed by atoms with Gasteiger partial charge < -0.3 is 10.6 Å². The molecule has 0 heterocycles. The van der Waals surface area contributed by atoms with Gasteiger partial charge in [-0.15, -0.1) is 0 Å². The van der Waals surface area contributed by atoms with Gasteiger partial charge in [-0.05, 0) is 48.2 Å². The third kappa shape index (κ3) is 8.75. The van der Waals surface area contributed by atoms with Crippen molar-refractivity contribution in [3.8, 4) is 0 Å². The highest BCUT2D eigenvalue weighted by Crippen LogP contribution is 2.10. The highest BCUT2D eigenvalue weighted by Gasteiger charge is 2.09. The number of nitrogens with two attached hydrogens (primary N) is 2. The summed E-state index contributed by atoms with van der Waals surface area (Å²) in [5, 5.41) is 15.5. The number of benzene rings is 2. The van der Waals surface area contributed by atoms with E-state index in [9.17, 15) is 26.4 Å². The van der Waals surface area contributed by atoms with Crippen molar-refractivity contribution >= 4 is 31.9 Å². The largest absolute Gasteiger partial charge is 0.352 e. The maximum atomic E-state index is 11.9. The molecule has 0 atom stereocenters. The summed E-state index contributed by atoms with van der Waals surface area (Å²) in [5.41, 5.74) is 1.48. The lowest BCUT2D eigenvalue weighted by atomic mass is 10.1. The second kappa shape index (κ2) is 11.2. The summed E-state index contributed by atoms with van der Waals surface area (Å²) in [7, 11) is -7.49. The van der Waals surface area contributed by atoms with Gasteiger partial charge in [0.25, 0.3) is 0 Å². The van der Waals surface area contributed by atoms with Gasteiger partial charge >= 0.3 is 0 Å². The molecular formula is C20H26N4O6S2. The molecule has 0 saturated heterocycles. The molecule has 6 N–H and O–H groups in total. The number of hydrogen-bond donors (Lipinski definition) is 4. The molecule has 0 fully saturated rings. The minimum Gasteiger partial charge on any atom is -0.352 e. The molecule has 0 unspecified atom stereocenters. The fourth-order valence-electron chi connectivity index (χ4n) is 2.74. The Bertz CT molecular complexity index is 1050. The number of sulfonamides is 2. The first kappa shape index (κ1) is 25.5. The van der Waals surface area contributed by atoms with E-state index in [-0.39, 0.29) is 47.5 Å². The molecule has 2 amide bonds. The number of amides is 2. The van der Waals surface area contributed by atoms with Crippen LogP contribution < -0.4 is 20.9 Å². The Hall–Kier alpha value is -2.80. The lowest BCUT2D eigenvalue weighted by molar-refractivity contribution is -0.123. The Kier molecular flexibility index (Phi) is 8.89. The molecule has 2 aromatic rings. The van der Waals surface area contributed by atoms with E-state index in [1.54, 1.807) is 24.3 Å². The Labute approximate surface area is 187 Å². The Morgan fingerprint density at radius 3 is 1.22 bits per heavy atom. The van der Waals surface area contributed by atoms with E-state index in [0.717, 1.165) is 11.1 Å². The van der Waals surface area contributed by atoms with E-state index in [1.165, 1.54) is 24.3 Å². The highest BCUT2D eigenvalue weighted by atomic mass is 32.2. The standard InChI is InChI=1S/C20H26N4O6S2/c21-31(27,28)17-9-5-15(6-10-17)13-23-19(25)3-1-2-4-20(26)24-14-16-7-11-18(12-8-16)32(22,29)30/h5-12H,1-4,13-14H2,(H,23,25)(H,24,26)(H2,21,27,28)(H2,22,29,30). The average molecular weight is 483 g/mol. The van der Waals surface area contributed by atoms with Crippen LogP contribution in [0.4, 0.5) is 0 Å². The van der Waals surface area contributed by atoms with E-state index in [0.29, 0.717) is 12.8 Å². The number of hydrogen-bond acceptors (Lipinski definition) is 6. The quantitative estimate of drug-likeness (QED) is 0.338. The monoisotopic (exact) mass is 482 g/mol. The van der Waals surface area contributed by atoms with Crippen LogP contribution in [0.25, 0.3) is 0 Å². The lowest BCUT2D eigenvalue weighted by Crippen LogP contribution is -2.24. The first-order chi connectivity index (χ1) is 14.9. The molecule has 0 spiro atoms. The number of rotatable bonds is 11. The van der Waals surface area contributed by atoms with Gasteiger partial charge in [-0.1, -0.05) is 24.3 Å². The normalized spacial score (nSPS) is 11.7. The van der Waals surface area contributed by atoms with Gasteiger partial charge in [0, 0.05) is 25.9 Å². The average Bonchev–Trinajstić information content (AvgIpc) is 2.73. The van der Waals surface area contributed by atoms with Crippen LogP contribution in [0.3, 0.4) is 0 Å². The maximum absolute atomic E-state index is 11.9. The minimum atomic E-state index is -3.75. The van der Waals surface area contributed by atoms with Crippen LogP contribution in [0, 0.1) is 0 Å². The predicted octanol–water partition coefficient (Wildman–Crippen LogP) is 0.474. The summed E-state index contributed by atoms with van der Waals surface area (Å²) in [5.74, 6) is -0.341. The number of primary sulfonamides is 2. The molecule has 2 aromatic carbocycles. The van der Waals surface area contributed by atoms with Gasteiger partial charge in [0.1, 0.15) is 0 Å². The first-order valence-electron chi connectivity index (χ1n) is 9.72. The van der Waals surface area contributed by atoms with Crippen molar-refractivity contribution in [2.24, 2.45) is 10.3 Å². The molecule has 0 radical (unpaired) electrons. The molecular weight excluding hydrogens is 456 g/mol. The van der Waals surface area contributed by atoms with Crippen molar-refractivity contribution in [2.45, 2.75) is 48.6 Å². The lowest BCUT2D eigenvalue weighted by Gasteiger charge is -2.07. The fourth-order valence-corrected chi connectivity index (χ4v) is 3.77. The Balaban J connectivity index is 1.62.